The fourth-order valence-electron chi connectivity index (χ4n) is 2.84. The molecule has 1 aliphatic heterocycles. The Morgan fingerprint density at radius 2 is 1.82 bits per heavy atom. The molecule has 0 saturated heterocycles. The van der Waals surface area contributed by atoms with Gasteiger partial charge in [-0.05, 0) is 29.8 Å². The molecule has 3 aromatic rings. The summed E-state index contributed by atoms with van der Waals surface area (Å²) in [6.07, 6.45) is 1.68. The molecule has 0 radical (unpaired) electrons. The van der Waals surface area contributed by atoms with Gasteiger partial charge in [0.1, 0.15) is 16.5 Å². The number of methoxy groups -OCH3 is 1. The number of hydrazine groups is 2. The van der Waals surface area contributed by atoms with Gasteiger partial charge in [-0.1, -0.05) is 41.4 Å². The van der Waals surface area contributed by atoms with Crippen molar-refractivity contribution in [2.24, 2.45) is 5.10 Å². The van der Waals surface area contributed by atoms with Crippen molar-refractivity contribution in [3.05, 3.63) is 69.8 Å². The molecule has 2 N–H and O–H groups in total. The molecule has 1 aromatic heterocycles. The Labute approximate surface area is 177 Å². The number of halogens is 2. The topological polar surface area (TPSA) is 66.7 Å². The first kappa shape index (κ1) is 18.9. The second-order valence-electron chi connectivity index (χ2n) is 5.96. The fraction of sp³-hybridized carbons (Fsp3) is 0.111. The SMILES string of the molecule is COc1ccc(CN2NNN=C2c2cnn(-c3c(Cl)cccc3Cl)c2S)cc1. The summed E-state index contributed by atoms with van der Waals surface area (Å²) < 4.78 is 6.79. The molecule has 2 aromatic carbocycles. The first-order valence-corrected chi connectivity index (χ1v) is 9.49. The molecule has 10 heteroatoms. The second-order valence-corrected chi connectivity index (χ2v) is 7.20. The molecule has 1 aliphatic rings. The van der Waals surface area contributed by atoms with Crippen LogP contribution in [0.15, 0.2) is 58.8 Å². The van der Waals surface area contributed by atoms with Crippen molar-refractivity contribution in [2.45, 2.75) is 11.6 Å². The number of hydrogen-bond acceptors (Lipinski definition) is 7. The average Bonchev–Trinajstić information content (AvgIpc) is 3.29. The Morgan fingerprint density at radius 3 is 2.50 bits per heavy atom. The molecular formula is C18H16Cl2N6OS. The first-order chi connectivity index (χ1) is 13.6. The van der Waals surface area contributed by atoms with Gasteiger partial charge in [-0.15, -0.1) is 23.3 Å². The van der Waals surface area contributed by atoms with Crippen molar-refractivity contribution in [2.75, 3.05) is 7.11 Å². The normalized spacial score (nSPS) is 13.4. The van der Waals surface area contributed by atoms with Crippen LogP contribution >= 0.6 is 35.8 Å². The predicted molar refractivity (Wildman–Crippen MR) is 112 cm³/mol. The summed E-state index contributed by atoms with van der Waals surface area (Å²) in [5.41, 5.74) is 8.16. The zero-order chi connectivity index (χ0) is 19.7. The van der Waals surface area contributed by atoms with E-state index in [1.54, 1.807) is 36.2 Å². The second kappa shape index (κ2) is 7.92. The van der Waals surface area contributed by atoms with Crippen molar-refractivity contribution in [3.8, 4) is 11.4 Å². The van der Waals surface area contributed by atoms with Crippen LogP contribution in [-0.4, -0.2) is 27.7 Å². The van der Waals surface area contributed by atoms with Crippen LogP contribution in [0.2, 0.25) is 10.0 Å². The van der Waals surface area contributed by atoms with E-state index in [4.69, 9.17) is 27.9 Å². The highest BCUT2D eigenvalue weighted by atomic mass is 35.5. The molecule has 0 spiro atoms. The monoisotopic (exact) mass is 434 g/mol. The highest BCUT2D eigenvalue weighted by Gasteiger charge is 2.25. The van der Waals surface area contributed by atoms with E-state index in [1.165, 1.54) is 0 Å². The van der Waals surface area contributed by atoms with E-state index in [2.05, 4.69) is 33.9 Å². The highest BCUT2D eigenvalue weighted by Crippen LogP contribution is 2.31. The van der Waals surface area contributed by atoms with Crippen LogP contribution in [-0.2, 0) is 6.54 Å². The Hall–Kier alpha value is -2.39. The lowest BCUT2D eigenvalue weighted by Gasteiger charge is -2.19. The Kier molecular flexibility index (Phi) is 5.36. The maximum Gasteiger partial charge on any atom is 0.177 e. The molecule has 2 heterocycles. The molecule has 4 rings (SSSR count). The minimum absolute atomic E-state index is 0.483. The van der Waals surface area contributed by atoms with Crippen molar-refractivity contribution in [3.63, 3.8) is 0 Å². The smallest absolute Gasteiger partial charge is 0.177 e. The summed E-state index contributed by atoms with van der Waals surface area (Å²) in [5, 5.41) is 12.1. The third-order valence-electron chi connectivity index (χ3n) is 4.24. The van der Waals surface area contributed by atoms with Crippen LogP contribution in [0.25, 0.3) is 5.69 Å². The Bertz CT molecular complexity index is 1020. The third kappa shape index (κ3) is 3.51. The van der Waals surface area contributed by atoms with E-state index in [-0.39, 0.29) is 0 Å². The van der Waals surface area contributed by atoms with Gasteiger partial charge >= 0.3 is 0 Å². The van der Waals surface area contributed by atoms with Gasteiger partial charge < -0.3 is 4.74 Å². The fourth-order valence-corrected chi connectivity index (χ4v) is 3.71. The van der Waals surface area contributed by atoms with Crippen LogP contribution in [0, 0.1) is 0 Å². The van der Waals surface area contributed by atoms with Crippen LogP contribution in [0.1, 0.15) is 11.1 Å². The number of nitrogens with zero attached hydrogens (tertiary/aromatic N) is 4. The van der Waals surface area contributed by atoms with Crippen molar-refractivity contribution in [1.29, 1.82) is 0 Å². The average molecular weight is 435 g/mol. The molecule has 0 saturated carbocycles. The zero-order valence-electron chi connectivity index (χ0n) is 14.7. The molecule has 0 bridgehead atoms. The number of amidine groups is 1. The number of hydrazone groups is 1. The Balaban J connectivity index is 1.62. The summed E-state index contributed by atoms with van der Waals surface area (Å²) in [7, 11) is 1.64. The van der Waals surface area contributed by atoms with Gasteiger partial charge in [0.25, 0.3) is 0 Å². The lowest BCUT2D eigenvalue weighted by atomic mass is 10.2. The zero-order valence-corrected chi connectivity index (χ0v) is 17.1. The molecule has 0 amide bonds. The van der Waals surface area contributed by atoms with Gasteiger partial charge in [-0.3, -0.25) is 5.01 Å². The standard InChI is InChI=1S/C18H16Cl2N6OS/c1-27-12-7-5-11(6-8-12)10-25-17(22-23-24-25)13-9-21-26(18(13)28)16-14(19)3-2-4-15(16)20/h2-9,23-24,28H,10H2,1H3. The summed E-state index contributed by atoms with van der Waals surface area (Å²) in [4.78, 5) is 0. The van der Waals surface area contributed by atoms with Gasteiger partial charge in [-0.25, -0.2) is 10.2 Å². The van der Waals surface area contributed by atoms with E-state index < -0.39 is 0 Å². The van der Waals surface area contributed by atoms with Crippen molar-refractivity contribution in [1.82, 2.24) is 25.9 Å². The first-order valence-electron chi connectivity index (χ1n) is 8.29. The summed E-state index contributed by atoms with van der Waals surface area (Å²) in [6.45, 7) is 0.571. The van der Waals surface area contributed by atoms with Gasteiger partial charge in [0.2, 0.25) is 0 Å². The number of para-hydroxylation sites is 1. The minimum Gasteiger partial charge on any atom is -0.497 e. The van der Waals surface area contributed by atoms with Crippen LogP contribution < -0.4 is 15.8 Å². The number of aromatic nitrogens is 2. The summed E-state index contributed by atoms with van der Waals surface area (Å²) in [5.74, 6) is 1.45. The largest absolute Gasteiger partial charge is 0.497 e. The summed E-state index contributed by atoms with van der Waals surface area (Å²) >= 11 is 17.3. The number of hydrogen-bond donors (Lipinski definition) is 3. The van der Waals surface area contributed by atoms with Gasteiger partial charge in [-0.2, -0.15) is 5.10 Å². The highest BCUT2D eigenvalue weighted by molar-refractivity contribution is 7.80. The molecule has 0 atom stereocenters. The third-order valence-corrected chi connectivity index (χ3v) is 5.28. The molecule has 0 fully saturated rings. The Morgan fingerprint density at radius 1 is 1.11 bits per heavy atom. The van der Waals surface area contributed by atoms with E-state index >= 15 is 0 Å². The number of thiol groups is 1. The quantitative estimate of drug-likeness (QED) is 0.534. The molecule has 28 heavy (non-hydrogen) atoms. The van der Waals surface area contributed by atoms with Gasteiger partial charge in [0, 0.05) is 0 Å². The molecule has 7 nitrogen and oxygen atoms in total. The van der Waals surface area contributed by atoms with Crippen LogP contribution in [0.3, 0.4) is 0 Å². The maximum absolute atomic E-state index is 6.31. The van der Waals surface area contributed by atoms with E-state index in [0.717, 1.165) is 16.9 Å². The van der Waals surface area contributed by atoms with Crippen molar-refractivity contribution >= 4 is 41.7 Å². The van der Waals surface area contributed by atoms with E-state index in [1.807, 2.05) is 29.3 Å². The van der Waals surface area contributed by atoms with Gasteiger partial charge in [0.15, 0.2) is 5.84 Å². The van der Waals surface area contributed by atoms with Crippen LogP contribution in [0.5, 0.6) is 5.75 Å². The maximum atomic E-state index is 6.31. The number of benzene rings is 2. The number of nitrogens with one attached hydrogen (secondary N) is 2. The van der Waals surface area contributed by atoms with E-state index in [9.17, 15) is 0 Å². The lowest BCUT2D eigenvalue weighted by Crippen LogP contribution is -2.40. The number of rotatable bonds is 5. The van der Waals surface area contributed by atoms with Crippen LogP contribution in [0.4, 0.5) is 0 Å². The molecule has 0 unspecified atom stereocenters. The number of ether oxygens (including phenoxy) is 1. The lowest BCUT2D eigenvalue weighted by molar-refractivity contribution is 0.287. The predicted octanol–water partition coefficient (Wildman–Crippen LogP) is 3.66. The van der Waals surface area contributed by atoms with E-state index in [0.29, 0.717) is 33.1 Å². The molecule has 0 aliphatic carbocycles. The summed E-state index contributed by atoms with van der Waals surface area (Å²) in [6, 6.07) is 13.1. The van der Waals surface area contributed by atoms with Crippen molar-refractivity contribution < 1.29 is 4.74 Å². The minimum atomic E-state index is 0.483. The molecular weight excluding hydrogens is 419 g/mol. The van der Waals surface area contributed by atoms with Gasteiger partial charge in [0.05, 0.1) is 35.5 Å². The molecule has 144 valence electrons.